The van der Waals surface area contributed by atoms with Crippen molar-refractivity contribution in [2.45, 2.75) is 18.5 Å². The van der Waals surface area contributed by atoms with E-state index < -0.39 is 11.5 Å². The van der Waals surface area contributed by atoms with Crippen LogP contribution in [-0.2, 0) is 5.54 Å². The summed E-state index contributed by atoms with van der Waals surface area (Å²) in [5.74, 6) is -0.447. The fraction of sp³-hybridized carbons (Fsp3) is 0.143. The molecular formula is C21H15F2N5. The highest BCUT2D eigenvalue weighted by Crippen LogP contribution is 2.38. The number of amidine groups is 1. The van der Waals surface area contributed by atoms with Crippen LogP contribution in [0.4, 0.5) is 8.78 Å². The van der Waals surface area contributed by atoms with Gasteiger partial charge in [0, 0.05) is 18.0 Å². The number of aliphatic imine (C=N–C) groups is 1. The van der Waals surface area contributed by atoms with Gasteiger partial charge >= 0.3 is 0 Å². The molecule has 7 heteroatoms. The lowest BCUT2D eigenvalue weighted by atomic mass is 9.79. The molecule has 1 N–H and O–H groups in total. The second-order valence-corrected chi connectivity index (χ2v) is 6.50. The van der Waals surface area contributed by atoms with E-state index in [1.807, 2.05) is 6.92 Å². The molecule has 2 atom stereocenters. The van der Waals surface area contributed by atoms with Gasteiger partial charge in [-0.3, -0.25) is 9.98 Å². The normalized spacial score (nSPS) is 20.9. The first-order chi connectivity index (χ1) is 13.5. The molecule has 1 aliphatic heterocycles. The number of rotatable bonds is 3. The molecule has 0 aliphatic carbocycles. The molecule has 0 amide bonds. The Hall–Kier alpha value is -3.66. The van der Waals surface area contributed by atoms with Gasteiger partial charge in [0.15, 0.2) is 0 Å². The van der Waals surface area contributed by atoms with E-state index in [-0.39, 0.29) is 11.9 Å². The number of hydrogen-bond acceptors (Lipinski definition) is 5. The summed E-state index contributed by atoms with van der Waals surface area (Å²) < 4.78 is 26.9. The van der Waals surface area contributed by atoms with Gasteiger partial charge in [0.1, 0.15) is 22.9 Å². The summed E-state index contributed by atoms with van der Waals surface area (Å²) in [4.78, 5) is 12.8. The molecule has 0 bridgehead atoms. The summed E-state index contributed by atoms with van der Waals surface area (Å²) in [6.07, 6.45) is 2.99. The molecule has 28 heavy (non-hydrogen) atoms. The van der Waals surface area contributed by atoms with Crippen LogP contribution in [0.5, 0.6) is 0 Å². The fourth-order valence-corrected chi connectivity index (χ4v) is 3.49. The quantitative estimate of drug-likeness (QED) is 0.713. The van der Waals surface area contributed by atoms with Crippen LogP contribution >= 0.6 is 0 Å². The standard InChI is InChI=1S/C21H15F2N5/c1-13-21(15-2-5-17(22)6-3-15,16-4-7-19(23)26-12-16)28-20(27-13)18-10-14(11-24)8-9-25-18/h2-10,12-13H,1H3,(H,27,28)/t13-,21+/m0/s1. The van der Waals surface area contributed by atoms with Crippen LogP contribution in [0, 0.1) is 23.1 Å². The molecule has 0 spiro atoms. The van der Waals surface area contributed by atoms with E-state index in [9.17, 15) is 8.78 Å². The summed E-state index contributed by atoms with van der Waals surface area (Å²) >= 11 is 0. The van der Waals surface area contributed by atoms with E-state index in [2.05, 4.69) is 21.4 Å². The van der Waals surface area contributed by atoms with Crippen molar-refractivity contribution in [2.24, 2.45) is 4.99 Å². The Morgan fingerprint density at radius 3 is 2.46 bits per heavy atom. The predicted octanol–water partition coefficient (Wildman–Crippen LogP) is 3.31. The molecule has 138 valence electrons. The maximum Gasteiger partial charge on any atom is 0.212 e. The smallest absolute Gasteiger partial charge is 0.212 e. The van der Waals surface area contributed by atoms with Crippen molar-refractivity contribution in [3.63, 3.8) is 0 Å². The van der Waals surface area contributed by atoms with Gasteiger partial charge in [-0.15, -0.1) is 0 Å². The first-order valence-corrected chi connectivity index (χ1v) is 8.63. The lowest BCUT2D eigenvalue weighted by Crippen LogP contribution is -2.48. The van der Waals surface area contributed by atoms with Crippen molar-refractivity contribution in [3.05, 3.63) is 95.1 Å². The highest BCUT2D eigenvalue weighted by Gasteiger charge is 2.45. The first-order valence-electron chi connectivity index (χ1n) is 8.63. The van der Waals surface area contributed by atoms with E-state index in [1.165, 1.54) is 24.4 Å². The predicted molar refractivity (Wildman–Crippen MR) is 99.5 cm³/mol. The van der Waals surface area contributed by atoms with Crippen LogP contribution in [0.1, 0.15) is 29.3 Å². The number of nitrogens with one attached hydrogen (secondary N) is 1. The van der Waals surface area contributed by atoms with Gasteiger partial charge in [-0.25, -0.2) is 9.37 Å². The minimum atomic E-state index is -0.881. The largest absolute Gasteiger partial charge is 0.353 e. The number of nitrogens with zero attached hydrogens (tertiary/aromatic N) is 4. The van der Waals surface area contributed by atoms with Gasteiger partial charge in [0.05, 0.1) is 17.7 Å². The summed E-state index contributed by atoms with van der Waals surface area (Å²) in [6, 6.07) is 14.0. The molecule has 3 heterocycles. The molecular weight excluding hydrogens is 360 g/mol. The summed E-state index contributed by atoms with van der Waals surface area (Å²) in [7, 11) is 0. The zero-order valence-corrected chi connectivity index (χ0v) is 14.9. The first kappa shape index (κ1) is 17.7. The van der Waals surface area contributed by atoms with Crippen molar-refractivity contribution in [2.75, 3.05) is 0 Å². The van der Waals surface area contributed by atoms with Gasteiger partial charge < -0.3 is 5.32 Å². The Kier molecular flexibility index (Phi) is 4.32. The third-order valence-electron chi connectivity index (χ3n) is 4.88. The van der Waals surface area contributed by atoms with Gasteiger partial charge in [-0.2, -0.15) is 9.65 Å². The molecule has 0 saturated carbocycles. The number of aromatic nitrogens is 2. The average Bonchev–Trinajstić information content (AvgIpc) is 3.07. The van der Waals surface area contributed by atoms with Crippen LogP contribution in [0.3, 0.4) is 0 Å². The lowest BCUT2D eigenvalue weighted by Gasteiger charge is -2.34. The van der Waals surface area contributed by atoms with Crippen molar-refractivity contribution < 1.29 is 8.78 Å². The zero-order valence-electron chi connectivity index (χ0n) is 14.9. The number of pyridine rings is 2. The number of halogens is 2. The summed E-state index contributed by atoms with van der Waals surface area (Å²) in [5.41, 5.74) is 1.54. The SMILES string of the molecule is C[C@@H]1N=C(c2cc(C#N)ccn2)N[C@]1(c1ccc(F)cc1)c1ccc(F)nc1. The molecule has 0 unspecified atom stereocenters. The van der Waals surface area contributed by atoms with Crippen LogP contribution in [0.25, 0.3) is 0 Å². The van der Waals surface area contributed by atoms with E-state index in [0.29, 0.717) is 22.7 Å². The average molecular weight is 375 g/mol. The molecule has 0 radical (unpaired) electrons. The Morgan fingerprint density at radius 1 is 1.04 bits per heavy atom. The lowest BCUT2D eigenvalue weighted by molar-refractivity contribution is 0.430. The third-order valence-corrected chi connectivity index (χ3v) is 4.88. The maximum absolute atomic E-state index is 13.5. The summed E-state index contributed by atoms with van der Waals surface area (Å²) in [5, 5.41) is 12.5. The van der Waals surface area contributed by atoms with Gasteiger partial charge in [-0.1, -0.05) is 18.2 Å². The van der Waals surface area contributed by atoms with Crippen molar-refractivity contribution in [1.29, 1.82) is 5.26 Å². The topological polar surface area (TPSA) is 74.0 Å². The summed E-state index contributed by atoms with van der Waals surface area (Å²) in [6.45, 7) is 1.90. The second-order valence-electron chi connectivity index (χ2n) is 6.50. The Bertz CT molecular complexity index is 1040. The van der Waals surface area contributed by atoms with Crippen LogP contribution < -0.4 is 5.32 Å². The van der Waals surface area contributed by atoms with Crippen molar-refractivity contribution >= 4 is 5.84 Å². The van der Waals surface area contributed by atoms with Crippen molar-refractivity contribution in [1.82, 2.24) is 15.3 Å². The van der Waals surface area contributed by atoms with Crippen LogP contribution in [0.2, 0.25) is 0 Å². The highest BCUT2D eigenvalue weighted by atomic mass is 19.1. The number of hydrogen-bond donors (Lipinski definition) is 1. The Balaban J connectivity index is 1.84. The molecule has 0 saturated heterocycles. The van der Waals surface area contributed by atoms with Gasteiger partial charge in [-0.05, 0) is 42.8 Å². The second kappa shape index (κ2) is 6.82. The van der Waals surface area contributed by atoms with Crippen molar-refractivity contribution in [3.8, 4) is 6.07 Å². The number of benzene rings is 1. The van der Waals surface area contributed by atoms with E-state index in [1.54, 1.807) is 36.5 Å². The zero-order chi connectivity index (χ0) is 19.7. The monoisotopic (exact) mass is 375 g/mol. The minimum Gasteiger partial charge on any atom is -0.353 e. The molecule has 5 nitrogen and oxygen atoms in total. The number of nitriles is 1. The molecule has 1 aromatic carbocycles. The van der Waals surface area contributed by atoms with Crippen LogP contribution in [0.15, 0.2) is 65.9 Å². The molecule has 4 rings (SSSR count). The van der Waals surface area contributed by atoms with E-state index in [0.717, 1.165) is 5.56 Å². The van der Waals surface area contributed by atoms with Gasteiger partial charge in [0.2, 0.25) is 5.95 Å². The fourth-order valence-electron chi connectivity index (χ4n) is 3.49. The van der Waals surface area contributed by atoms with E-state index >= 15 is 0 Å². The minimum absolute atomic E-state index is 0.326. The van der Waals surface area contributed by atoms with E-state index in [4.69, 9.17) is 10.3 Å². The third kappa shape index (κ3) is 2.89. The van der Waals surface area contributed by atoms with Crippen LogP contribution in [-0.4, -0.2) is 21.8 Å². The Labute approximate surface area is 160 Å². The molecule has 1 aliphatic rings. The molecule has 2 aromatic heterocycles. The molecule has 3 aromatic rings. The highest BCUT2D eigenvalue weighted by molar-refractivity contribution is 6.00. The Morgan fingerprint density at radius 2 is 1.79 bits per heavy atom. The maximum atomic E-state index is 13.5. The van der Waals surface area contributed by atoms with Gasteiger partial charge in [0.25, 0.3) is 0 Å². The molecule has 0 fully saturated rings.